The molecule has 2 N–H and O–H groups in total. The first-order valence-corrected chi connectivity index (χ1v) is 10.0. The molecule has 0 aromatic heterocycles. The number of ether oxygens (including phenoxy) is 1. The average molecular weight is 383 g/mol. The third kappa shape index (κ3) is 3.83. The first-order valence-electron chi connectivity index (χ1n) is 10.0. The van der Waals surface area contributed by atoms with Crippen LogP contribution < -0.4 is 5.73 Å². The Morgan fingerprint density at radius 2 is 1.79 bits per heavy atom. The molecule has 0 fully saturated rings. The summed E-state index contributed by atoms with van der Waals surface area (Å²) < 4.78 is 6.08. The van der Waals surface area contributed by atoms with Crippen LogP contribution in [0.25, 0.3) is 6.08 Å². The summed E-state index contributed by atoms with van der Waals surface area (Å²) in [6, 6.07) is 22.7. The van der Waals surface area contributed by atoms with Crippen molar-refractivity contribution < 1.29 is 4.74 Å². The van der Waals surface area contributed by atoms with Gasteiger partial charge < -0.3 is 10.5 Å². The van der Waals surface area contributed by atoms with Gasteiger partial charge in [-0.25, -0.2) is 0 Å². The average Bonchev–Trinajstić information content (AvgIpc) is 2.75. The number of nitrogens with two attached hydrogens (primary N) is 1. The lowest BCUT2D eigenvalue weighted by Gasteiger charge is -2.38. The molecule has 2 aliphatic heterocycles. The Morgan fingerprint density at radius 3 is 2.45 bits per heavy atom. The Kier molecular flexibility index (Phi) is 5.50. The van der Waals surface area contributed by atoms with Gasteiger partial charge in [0.2, 0.25) is 5.88 Å². The third-order valence-corrected chi connectivity index (χ3v) is 5.42. The van der Waals surface area contributed by atoms with Crippen molar-refractivity contribution >= 4 is 6.08 Å². The standard InChI is InChI=1S/C25H25N3O/c1-2-13-28-16-20(14-18-9-5-3-6-10-18)24-22(17-28)23(19-11-7-4-8-12-19)21(15-26)25(27)29-24/h3-12,14,23H,2,13,16-17,27H2,1H3/b20-14-/t23-/m0/s1. The van der Waals surface area contributed by atoms with Crippen LogP contribution in [0.4, 0.5) is 0 Å². The summed E-state index contributed by atoms with van der Waals surface area (Å²) in [5.41, 5.74) is 11.1. The molecular formula is C25H25N3O. The fourth-order valence-corrected chi connectivity index (χ4v) is 4.19. The van der Waals surface area contributed by atoms with E-state index in [0.29, 0.717) is 5.57 Å². The van der Waals surface area contributed by atoms with Gasteiger partial charge in [-0.1, -0.05) is 67.6 Å². The molecule has 0 aliphatic carbocycles. The van der Waals surface area contributed by atoms with Crippen molar-refractivity contribution in [2.75, 3.05) is 19.6 Å². The smallest absolute Gasteiger partial charge is 0.205 e. The lowest BCUT2D eigenvalue weighted by molar-refractivity contribution is 0.234. The minimum atomic E-state index is -0.177. The van der Waals surface area contributed by atoms with Crippen LogP contribution in [0.3, 0.4) is 0 Å². The highest BCUT2D eigenvalue weighted by molar-refractivity contribution is 5.63. The van der Waals surface area contributed by atoms with E-state index in [4.69, 9.17) is 10.5 Å². The van der Waals surface area contributed by atoms with Gasteiger partial charge >= 0.3 is 0 Å². The number of hydrogen-bond acceptors (Lipinski definition) is 4. The topological polar surface area (TPSA) is 62.3 Å². The normalized spacial score (nSPS) is 21.0. The van der Waals surface area contributed by atoms with E-state index in [2.05, 4.69) is 48.2 Å². The molecule has 0 spiro atoms. The van der Waals surface area contributed by atoms with Crippen LogP contribution in [-0.4, -0.2) is 24.5 Å². The molecule has 0 saturated heterocycles. The molecule has 2 heterocycles. The summed E-state index contributed by atoms with van der Waals surface area (Å²) >= 11 is 0. The van der Waals surface area contributed by atoms with Gasteiger partial charge in [0.15, 0.2) is 0 Å². The van der Waals surface area contributed by atoms with Crippen LogP contribution >= 0.6 is 0 Å². The number of rotatable bonds is 4. The van der Waals surface area contributed by atoms with Crippen LogP contribution in [0.2, 0.25) is 0 Å². The summed E-state index contributed by atoms with van der Waals surface area (Å²) in [5.74, 6) is 0.860. The molecule has 29 heavy (non-hydrogen) atoms. The highest BCUT2D eigenvalue weighted by Gasteiger charge is 2.37. The SMILES string of the molecule is CCCN1CC2=C(OC(N)=C(C#N)[C@@H]2c2ccccc2)/C(=C\c2ccccc2)C1. The van der Waals surface area contributed by atoms with Crippen LogP contribution in [0.5, 0.6) is 0 Å². The van der Waals surface area contributed by atoms with Crippen molar-refractivity contribution in [3.8, 4) is 6.07 Å². The van der Waals surface area contributed by atoms with Gasteiger partial charge in [0.05, 0.1) is 5.92 Å². The van der Waals surface area contributed by atoms with Crippen LogP contribution in [0.15, 0.2) is 89.0 Å². The van der Waals surface area contributed by atoms with E-state index >= 15 is 0 Å². The van der Waals surface area contributed by atoms with Gasteiger partial charge in [0.25, 0.3) is 0 Å². The third-order valence-electron chi connectivity index (χ3n) is 5.42. The summed E-state index contributed by atoms with van der Waals surface area (Å²) in [6.07, 6.45) is 3.24. The molecule has 0 bridgehead atoms. The van der Waals surface area contributed by atoms with Crippen molar-refractivity contribution in [2.45, 2.75) is 19.3 Å². The Labute approximate surface area is 172 Å². The molecule has 146 valence electrons. The number of nitrogens with zero attached hydrogens (tertiary/aromatic N) is 2. The first-order chi connectivity index (χ1) is 14.2. The maximum absolute atomic E-state index is 9.84. The van der Waals surface area contributed by atoms with Crippen molar-refractivity contribution in [1.82, 2.24) is 4.90 Å². The largest absolute Gasteiger partial charge is 0.440 e. The molecule has 4 rings (SSSR count). The summed E-state index contributed by atoms with van der Waals surface area (Å²) in [4.78, 5) is 2.42. The maximum Gasteiger partial charge on any atom is 0.205 e. The van der Waals surface area contributed by atoms with Gasteiger partial charge in [0.1, 0.15) is 17.4 Å². The second kappa shape index (κ2) is 8.38. The molecule has 1 atom stereocenters. The predicted molar refractivity (Wildman–Crippen MR) is 115 cm³/mol. The monoisotopic (exact) mass is 383 g/mol. The van der Waals surface area contributed by atoms with E-state index < -0.39 is 0 Å². The maximum atomic E-state index is 9.84. The number of allylic oxidation sites excluding steroid dienone is 1. The number of nitriles is 1. The van der Waals surface area contributed by atoms with E-state index in [-0.39, 0.29) is 11.8 Å². The molecule has 0 amide bonds. The molecule has 0 radical (unpaired) electrons. The quantitative estimate of drug-likeness (QED) is 0.841. The van der Waals surface area contributed by atoms with Crippen molar-refractivity contribution in [1.29, 1.82) is 5.26 Å². The molecule has 4 nitrogen and oxygen atoms in total. The molecule has 0 saturated carbocycles. The Hall–Kier alpha value is -3.29. The molecule has 2 aliphatic rings. The first kappa shape index (κ1) is 19.0. The Bertz CT molecular complexity index is 1010. The highest BCUT2D eigenvalue weighted by Crippen LogP contribution is 2.43. The lowest BCUT2D eigenvalue weighted by atomic mass is 9.80. The van der Waals surface area contributed by atoms with E-state index in [0.717, 1.165) is 54.1 Å². The summed E-state index contributed by atoms with van der Waals surface area (Å²) in [5, 5.41) is 9.84. The van der Waals surface area contributed by atoms with Gasteiger partial charge in [-0.05, 0) is 35.7 Å². The minimum Gasteiger partial charge on any atom is -0.440 e. The Morgan fingerprint density at radius 1 is 1.10 bits per heavy atom. The molecule has 2 aromatic carbocycles. The molecular weight excluding hydrogens is 358 g/mol. The predicted octanol–water partition coefficient (Wildman–Crippen LogP) is 4.56. The van der Waals surface area contributed by atoms with Gasteiger partial charge in [-0.2, -0.15) is 5.26 Å². The highest BCUT2D eigenvalue weighted by atomic mass is 16.5. The lowest BCUT2D eigenvalue weighted by Crippen LogP contribution is -2.38. The van der Waals surface area contributed by atoms with Crippen LogP contribution in [0.1, 0.15) is 30.4 Å². The molecule has 4 heteroatoms. The summed E-state index contributed by atoms with van der Waals surface area (Å²) in [7, 11) is 0. The van der Waals surface area contributed by atoms with Gasteiger partial charge in [0, 0.05) is 18.7 Å². The minimum absolute atomic E-state index is 0.177. The van der Waals surface area contributed by atoms with Crippen LogP contribution in [-0.2, 0) is 4.74 Å². The zero-order valence-corrected chi connectivity index (χ0v) is 16.6. The Balaban J connectivity index is 1.86. The van der Waals surface area contributed by atoms with E-state index in [1.807, 2.05) is 36.4 Å². The van der Waals surface area contributed by atoms with Gasteiger partial charge in [-0.3, -0.25) is 4.90 Å². The van der Waals surface area contributed by atoms with Gasteiger partial charge in [-0.15, -0.1) is 0 Å². The summed E-state index contributed by atoms with van der Waals surface area (Å²) in [6.45, 7) is 4.76. The van der Waals surface area contributed by atoms with E-state index in [1.165, 1.54) is 0 Å². The fourth-order valence-electron chi connectivity index (χ4n) is 4.19. The van der Waals surface area contributed by atoms with Crippen molar-refractivity contribution in [3.63, 3.8) is 0 Å². The van der Waals surface area contributed by atoms with E-state index in [9.17, 15) is 5.26 Å². The number of benzene rings is 2. The second-order valence-electron chi connectivity index (χ2n) is 7.48. The van der Waals surface area contributed by atoms with Crippen molar-refractivity contribution in [3.05, 3.63) is 100 Å². The van der Waals surface area contributed by atoms with Crippen LogP contribution in [0, 0.1) is 11.3 Å². The van der Waals surface area contributed by atoms with E-state index in [1.54, 1.807) is 0 Å². The van der Waals surface area contributed by atoms with Crippen molar-refractivity contribution in [2.24, 2.45) is 5.73 Å². The molecule has 2 aromatic rings. The molecule has 0 unspecified atom stereocenters. The zero-order valence-electron chi connectivity index (χ0n) is 16.6. The number of hydrogen-bond donors (Lipinski definition) is 1. The second-order valence-corrected chi connectivity index (χ2v) is 7.48. The fraction of sp³-hybridized carbons (Fsp3) is 0.240. The zero-order chi connectivity index (χ0) is 20.2.